The maximum absolute atomic E-state index is 12.3. The summed E-state index contributed by atoms with van der Waals surface area (Å²) in [6.45, 7) is 7.76. The Balaban J connectivity index is 1.84. The number of halogens is 1. The quantitative estimate of drug-likeness (QED) is 0.553. The number of aromatic carboxylic acids is 1. The Morgan fingerprint density at radius 2 is 1.70 bits per heavy atom. The van der Waals surface area contributed by atoms with Crippen molar-refractivity contribution in [2.45, 2.75) is 45.5 Å². The Labute approximate surface area is 198 Å². The van der Waals surface area contributed by atoms with Crippen molar-refractivity contribution in [2.24, 2.45) is 0 Å². The molecule has 0 unspecified atom stereocenters. The van der Waals surface area contributed by atoms with E-state index in [9.17, 15) is 14.7 Å². The molecular weight excluding hydrogens is 445 g/mol. The highest BCUT2D eigenvalue weighted by molar-refractivity contribution is 6.56. The summed E-state index contributed by atoms with van der Waals surface area (Å²) in [4.78, 5) is 24.1. The largest absolute Gasteiger partial charge is 0.492 e. The number of carboxylic acid groups (broad SMARTS) is 1. The van der Waals surface area contributed by atoms with E-state index >= 15 is 0 Å². The number of amides is 1. The molecule has 33 heavy (non-hydrogen) atoms. The maximum atomic E-state index is 12.3. The predicted molar refractivity (Wildman–Crippen MR) is 127 cm³/mol. The molecule has 0 aromatic heterocycles. The van der Waals surface area contributed by atoms with Gasteiger partial charge in [-0.05, 0) is 50.9 Å². The van der Waals surface area contributed by atoms with E-state index in [1.807, 2.05) is 58.0 Å². The van der Waals surface area contributed by atoms with Crippen LogP contribution in [0.5, 0.6) is 0 Å². The topological polar surface area (TPSA) is 94.1 Å². The van der Waals surface area contributed by atoms with E-state index in [0.717, 1.165) is 5.56 Å². The molecule has 0 spiro atoms. The summed E-state index contributed by atoms with van der Waals surface area (Å²) in [6.07, 6.45) is 0.963. The Morgan fingerprint density at radius 1 is 1.06 bits per heavy atom. The van der Waals surface area contributed by atoms with Gasteiger partial charge in [0.2, 0.25) is 0 Å². The van der Waals surface area contributed by atoms with Gasteiger partial charge >= 0.3 is 19.2 Å². The van der Waals surface area contributed by atoms with E-state index < -0.39 is 30.4 Å². The number of nitrogens with one attached hydrogen (secondary N) is 1. The van der Waals surface area contributed by atoms with Crippen molar-refractivity contribution in [3.8, 4) is 0 Å². The fourth-order valence-electron chi connectivity index (χ4n) is 3.20. The van der Waals surface area contributed by atoms with Gasteiger partial charge in [-0.1, -0.05) is 54.1 Å². The smallest absolute Gasteiger partial charge is 0.478 e. The maximum Gasteiger partial charge on any atom is 0.492 e. The van der Waals surface area contributed by atoms with Gasteiger partial charge in [-0.15, -0.1) is 0 Å². The fraction of sp³-hybridized carbons (Fsp3) is 0.333. The highest BCUT2D eigenvalue weighted by atomic mass is 35.5. The normalized spacial score (nSPS) is 17.0. The molecule has 9 heteroatoms. The summed E-state index contributed by atoms with van der Waals surface area (Å²) in [7, 11) is -0.817. The minimum Gasteiger partial charge on any atom is -0.478 e. The standard InChI is InChI=1S/C24H27BClNO6/c1-23(2)24(3,4)33-25(32-23)17(13-19-18(21(28)29)11-8-12-20(19)26)14-27-22(30)31-15-16-9-6-5-7-10-16/h5-13H,14-15H2,1-4H3,(H,27,30)(H,28,29). The lowest BCUT2D eigenvalue weighted by Crippen LogP contribution is -2.41. The molecule has 1 fully saturated rings. The number of carboxylic acids is 1. The van der Waals surface area contributed by atoms with Gasteiger partial charge < -0.3 is 24.5 Å². The first-order chi connectivity index (χ1) is 15.5. The third-order valence-electron chi connectivity index (χ3n) is 5.82. The molecule has 174 valence electrons. The molecule has 2 aromatic rings. The number of alkyl carbamates (subject to hydrolysis) is 1. The van der Waals surface area contributed by atoms with Crippen molar-refractivity contribution in [3.63, 3.8) is 0 Å². The SMILES string of the molecule is CC1(C)OB(C(=Cc2c(Cl)cccc2C(=O)O)CNC(=O)OCc2ccccc2)OC1(C)C. The van der Waals surface area contributed by atoms with Gasteiger partial charge in [0.15, 0.2) is 0 Å². The molecule has 1 aliphatic heterocycles. The van der Waals surface area contributed by atoms with E-state index in [1.165, 1.54) is 6.07 Å². The summed E-state index contributed by atoms with van der Waals surface area (Å²) in [6, 6.07) is 13.9. The second-order valence-corrected chi connectivity index (χ2v) is 9.14. The Bertz CT molecular complexity index is 1040. The molecular formula is C24H27BClNO6. The Hall–Kier alpha value is -2.81. The molecule has 0 bridgehead atoms. The molecule has 0 atom stereocenters. The summed E-state index contributed by atoms with van der Waals surface area (Å²) in [5, 5.41) is 12.5. The average molecular weight is 472 g/mol. The molecule has 0 saturated carbocycles. The van der Waals surface area contributed by atoms with Crippen LogP contribution >= 0.6 is 11.6 Å². The summed E-state index contributed by atoms with van der Waals surface area (Å²) in [5.41, 5.74) is 0.443. The van der Waals surface area contributed by atoms with Crippen molar-refractivity contribution in [2.75, 3.05) is 6.54 Å². The van der Waals surface area contributed by atoms with Gasteiger partial charge in [-0.25, -0.2) is 9.59 Å². The Morgan fingerprint density at radius 3 is 2.30 bits per heavy atom. The van der Waals surface area contributed by atoms with Crippen LogP contribution in [0.2, 0.25) is 5.02 Å². The first-order valence-electron chi connectivity index (χ1n) is 10.5. The molecule has 1 aliphatic rings. The van der Waals surface area contributed by atoms with Crippen molar-refractivity contribution >= 4 is 36.9 Å². The van der Waals surface area contributed by atoms with Gasteiger partial charge in [-0.2, -0.15) is 0 Å². The molecule has 0 aliphatic carbocycles. The second kappa shape index (κ2) is 9.99. The zero-order valence-corrected chi connectivity index (χ0v) is 19.8. The molecule has 2 aromatic carbocycles. The average Bonchev–Trinajstić information content (AvgIpc) is 2.97. The molecule has 1 heterocycles. The van der Waals surface area contributed by atoms with Crippen LogP contribution in [0.15, 0.2) is 54.0 Å². The lowest BCUT2D eigenvalue weighted by atomic mass is 9.76. The van der Waals surface area contributed by atoms with Crippen LogP contribution in [-0.4, -0.2) is 42.0 Å². The van der Waals surface area contributed by atoms with Crippen LogP contribution < -0.4 is 5.32 Å². The minimum atomic E-state index is -1.12. The van der Waals surface area contributed by atoms with E-state index in [1.54, 1.807) is 18.2 Å². The fourth-order valence-corrected chi connectivity index (χ4v) is 3.43. The van der Waals surface area contributed by atoms with E-state index in [-0.39, 0.29) is 23.7 Å². The van der Waals surface area contributed by atoms with Crippen LogP contribution in [-0.2, 0) is 20.7 Å². The van der Waals surface area contributed by atoms with E-state index in [2.05, 4.69) is 5.32 Å². The molecule has 1 saturated heterocycles. The Kier molecular flexibility index (Phi) is 7.52. The lowest BCUT2D eigenvalue weighted by Gasteiger charge is -2.32. The number of rotatable bonds is 7. The summed E-state index contributed by atoms with van der Waals surface area (Å²) >= 11 is 6.31. The highest BCUT2D eigenvalue weighted by Gasteiger charge is 2.52. The predicted octanol–water partition coefficient (Wildman–Crippen LogP) is 4.98. The number of carbonyl (C=O) groups excluding carboxylic acids is 1. The number of hydrogen-bond donors (Lipinski definition) is 2. The van der Waals surface area contributed by atoms with Crippen molar-refractivity contribution in [1.29, 1.82) is 0 Å². The van der Waals surface area contributed by atoms with Gasteiger partial charge in [-0.3, -0.25) is 0 Å². The monoisotopic (exact) mass is 471 g/mol. The zero-order valence-electron chi connectivity index (χ0n) is 19.1. The number of hydrogen-bond acceptors (Lipinski definition) is 5. The van der Waals surface area contributed by atoms with Crippen LogP contribution in [0.4, 0.5) is 4.79 Å². The molecule has 1 amide bonds. The second-order valence-electron chi connectivity index (χ2n) is 8.73. The lowest BCUT2D eigenvalue weighted by molar-refractivity contribution is 0.00578. The zero-order chi connectivity index (χ0) is 24.2. The number of carbonyl (C=O) groups is 2. The van der Waals surface area contributed by atoms with Crippen LogP contribution in [0.25, 0.3) is 6.08 Å². The third kappa shape index (κ3) is 5.96. The highest BCUT2D eigenvalue weighted by Crippen LogP contribution is 2.39. The summed E-state index contributed by atoms with van der Waals surface area (Å²) in [5.74, 6) is -1.12. The molecule has 7 nitrogen and oxygen atoms in total. The van der Waals surface area contributed by atoms with Gasteiger partial charge in [0.05, 0.1) is 16.8 Å². The van der Waals surface area contributed by atoms with Crippen molar-refractivity contribution < 1.29 is 28.7 Å². The first-order valence-corrected chi connectivity index (χ1v) is 10.9. The van der Waals surface area contributed by atoms with Gasteiger partial charge in [0.25, 0.3) is 0 Å². The third-order valence-corrected chi connectivity index (χ3v) is 6.15. The number of ether oxygens (including phenoxy) is 1. The minimum absolute atomic E-state index is 0.00866. The first kappa shape index (κ1) is 24.8. The van der Waals surface area contributed by atoms with Gasteiger partial charge in [0, 0.05) is 17.1 Å². The van der Waals surface area contributed by atoms with Crippen LogP contribution in [0.3, 0.4) is 0 Å². The van der Waals surface area contributed by atoms with E-state index in [4.69, 9.17) is 25.6 Å². The molecule has 2 N–H and O–H groups in total. The van der Waals surface area contributed by atoms with Gasteiger partial charge in [0.1, 0.15) is 6.61 Å². The van der Waals surface area contributed by atoms with Crippen molar-refractivity contribution in [1.82, 2.24) is 5.32 Å². The van der Waals surface area contributed by atoms with Crippen LogP contribution in [0.1, 0.15) is 49.2 Å². The number of benzene rings is 2. The van der Waals surface area contributed by atoms with Crippen molar-refractivity contribution in [3.05, 3.63) is 75.7 Å². The molecule has 3 rings (SSSR count). The molecule has 0 radical (unpaired) electrons. The summed E-state index contributed by atoms with van der Waals surface area (Å²) < 4.78 is 17.5. The van der Waals surface area contributed by atoms with E-state index in [0.29, 0.717) is 11.0 Å². The van der Waals surface area contributed by atoms with Crippen LogP contribution in [0, 0.1) is 0 Å².